The van der Waals surface area contributed by atoms with E-state index in [1.165, 1.54) is 218 Å². The van der Waals surface area contributed by atoms with E-state index in [0.717, 1.165) is 0 Å². The average molecular weight is 631 g/mol. The highest BCUT2D eigenvalue weighted by Gasteiger charge is 2.23. The standard InChI is InChI=1S/C38H79N.BrH/c1-4-7-10-13-16-18-20-21-22-23-24-26-28-31-34-37-38(39,35-32-29-15-12-9-6-3)36-33-30-27-25-19-17-14-11-8-5-2;/h4-37,39H2,1-3H3;1H. The molecule has 0 radical (unpaired) electrons. The first-order valence-corrected chi connectivity index (χ1v) is 19.0. The quantitative estimate of drug-likeness (QED) is 0.0703. The van der Waals surface area contributed by atoms with Gasteiger partial charge in [-0.05, 0) is 19.3 Å². The molecule has 2 heteroatoms. The molecular formula is C38H80BrN. The van der Waals surface area contributed by atoms with Crippen molar-refractivity contribution in [3.8, 4) is 0 Å². The van der Waals surface area contributed by atoms with Crippen LogP contribution in [0.3, 0.4) is 0 Å². The molecule has 0 aliphatic heterocycles. The maximum Gasteiger partial charge on any atom is 0.0154 e. The zero-order chi connectivity index (χ0) is 28.5. The lowest BCUT2D eigenvalue weighted by Crippen LogP contribution is -2.39. The van der Waals surface area contributed by atoms with E-state index >= 15 is 0 Å². The first kappa shape index (κ1) is 42.6. The monoisotopic (exact) mass is 630 g/mol. The molecule has 0 aromatic carbocycles. The largest absolute Gasteiger partial charge is 0.325 e. The molecule has 0 saturated carbocycles. The second-order valence-corrected chi connectivity index (χ2v) is 13.5. The van der Waals surface area contributed by atoms with Gasteiger partial charge in [-0.25, -0.2) is 0 Å². The zero-order valence-electron chi connectivity index (χ0n) is 28.5. The summed E-state index contributed by atoms with van der Waals surface area (Å²) in [5, 5.41) is 0. The Bertz CT molecular complexity index is 439. The van der Waals surface area contributed by atoms with Crippen molar-refractivity contribution in [3.63, 3.8) is 0 Å². The van der Waals surface area contributed by atoms with Gasteiger partial charge >= 0.3 is 0 Å². The summed E-state index contributed by atoms with van der Waals surface area (Å²) in [5.41, 5.74) is 7.23. The summed E-state index contributed by atoms with van der Waals surface area (Å²) >= 11 is 0. The third kappa shape index (κ3) is 32.9. The van der Waals surface area contributed by atoms with Crippen molar-refractivity contribution < 1.29 is 0 Å². The van der Waals surface area contributed by atoms with Gasteiger partial charge in [0.25, 0.3) is 0 Å². The second kappa shape index (κ2) is 35.6. The van der Waals surface area contributed by atoms with E-state index in [0.29, 0.717) is 0 Å². The maximum atomic E-state index is 7.10. The molecule has 0 aromatic rings. The third-order valence-electron chi connectivity index (χ3n) is 9.33. The molecule has 1 atom stereocenters. The maximum absolute atomic E-state index is 7.10. The van der Waals surface area contributed by atoms with E-state index < -0.39 is 0 Å². The van der Waals surface area contributed by atoms with Crippen LogP contribution in [0.1, 0.15) is 239 Å². The Morgan fingerprint density at radius 3 is 0.600 bits per heavy atom. The molecule has 0 saturated heterocycles. The van der Waals surface area contributed by atoms with Gasteiger partial charge in [0.15, 0.2) is 0 Å². The van der Waals surface area contributed by atoms with Gasteiger partial charge < -0.3 is 5.73 Å². The van der Waals surface area contributed by atoms with E-state index in [4.69, 9.17) is 5.73 Å². The van der Waals surface area contributed by atoms with Crippen molar-refractivity contribution in [3.05, 3.63) is 0 Å². The summed E-state index contributed by atoms with van der Waals surface area (Å²) in [6.07, 6.45) is 48.1. The van der Waals surface area contributed by atoms with Gasteiger partial charge in [0.1, 0.15) is 0 Å². The van der Waals surface area contributed by atoms with Crippen molar-refractivity contribution in [1.29, 1.82) is 0 Å². The van der Waals surface area contributed by atoms with Crippen LogP contribution in [0.5, 0.6) is 0 Å². The SMILES string of the molecule is Br.CCCCCCCCCCCCCCCCCC(N)(CCCCCCCC)CCCCCCCCCCCC. The van der Waals surface area contributed by atoms with E-state index in [1.54, 1.807) is 0 Å². The summed E-state index contributed by atoms with van der Waals surface area (Å²) in [4.78, 5) is 0. The van der Waals surface area contributed by atoms with Crippen LogP contribution in [0.25, 0.3) is 0 Å². The summed E-state index contributed by atoms with van der Waals surface area (Å²) in [6, 6.07) is 0. The third-order valence-corrected chi connectivity index (χ3v) is 9.33. The topological polar surface area (TPSA) is 26.0 Å². The molecule has 0 spiro atoms. The fraction of sp³-hybridized carbons (Fsp3) is 1.00. The minimum atomic E-state index is 0. The molecule has 0 bridgehead atoms. The summed E-state index contributed by atoms with van der Waals surface area (Å²) in [6.45, 7) is 6.93. The van der Waals surface area contributed by atoms with Crippen LogP contribution in [0.2, 0.25) is 0 Å². The highest BCUT2D eigenvalue weighted by atomic mass is 79.9. The highest BCUT2D eigenvalue weighted by molar-refractivity contribution is 8.93. The molecule has 2 N–H and O–H groups in total. The molecule has 1 unspecified atom stereocenters. The molecule has 0 amide bonds. The van der Waals surface area contributed by atoms with Crippen LogP contribution in [0, 0.1) is 0 Å². The van der Waals surface area contributed by atoms with Crippen LogP contribution in [0.4, 0.5) is 0 Å². The van der Waals surface area contributed by atoms with Crippen LogP contribution < -0.4 is 5.73 Å². The Labute approximate surface area is 266 Å². The van der Waals surface area contributed by atoms with Crippen LogP contribution in [0.15, 0.2) is 0 Å². The van der Waals surface area contributed by atoms with Gasteiger partial charge in [-0.2, -0.15) is 0 Å². The normalized spacial score (nSPS) is 12.9. The molecule has 0 fully saturated rings. The lowest BCUT2D eigenvalue weighted by Gasteiger charge is -2.30. The number of unbranched alkanes of at least 4 members (excludes halogenated alkanes) is 28. The smallest absolute Gasteiger partial charge is 0.0154 e. The predicted octanol–water partition coefficient (Wildman–Crippen LogP) is 14.6. The Morgan fingerprint density at radius 2 is 0.425 bits per heavy atom. The van der Waals surface area contributed by atoms with E-state index in [-0.39, 0.29) is 22.5 Å². The summed E-state index contributed by atoms with van der Waals surface area (Å²) in [7, 11) is 0. The lowest BCUT2D eigenvalue weighted by atomic mass is 9.82. The molecular weight excluding hydrogens is 550 g/mol. The van der Waals surface area contributed by atoms with E-state index in [2.05, 4.69) is 20.8 Å². The number of nitrogens with two attached hydrogens (primary N) is 1. The molecule has 0 heterocycles. The average Bonchev–Trinajstić information content (AvgIpc) is 2.94. The molecule has 0 aliphatic carbocycles. The minimum absolute atomic E-state index is 0. The number of rotatable bonds is 34. The van der Waals surface area contributed by atoms with Crippen LogP contribution >= 0.6 is 17.0 Å². The molecule has 244 valence electrons. The van der Waals surface area contributed by atoms with E-state index in [9.17, 15) is 0 Å². The Balaban J connectivity index is 0. The number of hydrogen-bond acceptors (Lipinski definition) is 1. The van der Waals surface area contributed by atoms with Crippen LogP contribution in [-0.4, -0.2) is 5.54 Å². The zero-order valence-corrected chi connectivity index (χ0v) is 30.2. The van der Waals surface area contributed by atoms with Gasteiger partial charge in [0.2, 0.25) is 0 Å². The van der Waals surface area contributed by atoms with Gasteiger partial charge in [-0.15, -0.1) is 17.0 Å². The first-order valence-electron chi connectivity index (χ1n) is 19.0. The van der Waals surface area contributed by atoms with Crippen molar-refractivity contribution >= 4 is 17.0 Å². The van der Waals surface area contributed by atoms with Crippen molar-refractivity contribution in [1.82, 2.24) is 0 Å². The number of hydrogen-bond donors (Lipinski definition) is 1. The summed E-state index contributed by atoms with van der Waals surface area (Å²) < 4.78 is 0. The van der Waals surface area contributed by atoms with Crippen molar-refractivity contribution in [2.45, 2.75) is 245 Å². The molecule has 1 nitrogen and oxygen atoms in total. The highest BCUT2D eigenvalue weighted by Crippen LogP contribution is 2.27. The van der Waals surface area contributed by atoms with E-state index in [1.807, 2.05) is 0 Å². The Morgan fingerprint density at radius 1 is 0.275 bits per heavy atom. The van der Waals surface area contributed by atoms with Gasteiger partial charge in [0, 0.05) is 5.54 Å². The fourth-order valence-corrected chi connectivity index (χ4v) is 6.45. The summed E-state index contributed by atoms with van der Waals surface area (Å²) in [5.74, 6) is 0. The Hall–Kier alpha value is 0.440. The molecule has 40 heavy (non-hydrogen) atoms. The number of halogens is 1. The van der Waals surface area contributed by atoms with Gasteiger partial charge in [0.05, 0.1) is 0 Å². The fourth-order valence-electron chi connectivity index (χ4n) is 6.45. The molecule has 0 aromatic heterocycles. The minimum Gasteiger partial charge on any atom is -0.325 e. The second-order valence-electron chi connectivity index (χ2n) is 13.5. The molecule has 0 aliphatic rings. The first-order chi connectivity index (χ1) is 19.2. The van der Waals surface area contributed by atoms with Crippen LogP contribution in [-0.2, 0) is 0 Å². The Kier molecular flexibility index (Phi) is 37.9. The lowest BCUT2D eigenvalue weighted by molar-refractivity contribution is 0.302. The predicted molar refractivity (Wildman–Crippen MR) is 191 cm³/mol. The molecule has 0 rings (SSSR count). The van der Waals surface area contributed by atoms with Crippen molar-refractivity contribution in [2.24, 2.45) is 5.73 Å². The van der Waals surface area contributed by atoms with Crippen molar-refractivity contribution in [2.75, 3.05) is 0 Å². The van der Waals surface area contributed by atoms with Gasteiger partial charge in [-0.3, -0.25) is 0 Å². The van der Waals surface area contributed by atoms with Gasteiger partial charge in [-0.1, -0.05) is 220 Å².